The molecule has 7 heteroatoms. The molecule has 0 fully saturated rings. The summed E-state index contributed by atoms with van der Waals surface area (Å²) in [7, 11) is -3.61. The first-order valence-corrected chi connectivity index (χ1v) is 10.1. The summed E-state index contributed by atoms with van der Waals surface area (Å²) in [5.41, 5.74) is 1.87. The number of nitrogens with zero attached hydrogens (tertiary/aromatic N) is 1. The van der Waals surface area contributed by atoms with E-state index in [1.807, 2.05) is 32.9 Å². The molecule has 2 aromatic carbocycles. The van der Waals surface area contributed by atoms with Crippen molar-refractivity contribution in [2.75, 3.05) is 22.4 Å². The molecule has 0 unspecified atom stereocenters. The summed E-state index contributed by atoms with van der Waals surface area (Å²) in [5, 5.41) is 2.73. The number of sulfonamides is 1. The standard InChI is InChI=1S/C19H24N2O4S/c1-14(2)25-18-11-6-5-10-17(18)20-19(22)13-21(26(4,23)24)16-9-7-8-15(3)12-16/h5-12,14H,13H2,1-4H3,(H,20,22). The van der Waals surface area contributed by atoms with Gasteiger partial charge in [0.2, 0.25) is 15.9 Å². The molecule has 140 valence electrons. The molecule has 6 nitrogen and oxygen atoms in total. The number of ether oxygens (including phenoxy) is 1. The number of hydrogen-bond acceptors (Lipinski definition) is 4. The summed E-state index contributed by atoms with van der Waals surface area (Å²) in [5.74, 6) is 0.0917. The monoisotopic (exact) mass is 376 g/mol. The van der Waals surface area contributed by atoms with Gasteiger partial charge in [0.1, 0.15) is 12.3 Å². The normalized spacial score (nSPS) is 11.3. The minimum Gasteiger partial charge on any atom is -0.489 e. The Hall–Kier alpha value is -2.54. The lowest BCUT2D eigenvalue weighted by molar-refractivity contribution is -0.114. The molecular formula is C19H24N2O4S. The highest BCUT2D eigenvalue weighted by Gasteiger charge is 2.21. The quantitative estimate of drug-likeness (QED) is 0.805. The maximum Gasteiger partial charge on any atom is 0.245 e. The first-order chi connectivity index (χ1) is 12.2. The SMILES string of the molecule is Cc1cccc(N(CC(=O)Nc2ccccc2OC(C)C)S(C)(=O)=O)c1. The topological polar surface area (TPSA) is 75.7 Å². The van der Waals surface area contributed by atoms with E-state index in [-0.39, 0.29) is 12.6 Å². The van der Waals surface area contributed by atoms with E-state index in [1.165, 1.54) is 0 Å². The average molecular weight is 376 g/mol. The number of nitrogens with one attached hydrogen (secondary N) is 1. The van der Waals surface area contributed by atoms with Gasteiger partial charge in [-0.2, -0.15) is 0 Å². The zero-order chi connectivity index (χ0) is 19.3. The molecular weight excluding hydrogens is 352 g/mol. The zero-order valence-electron chi connectivity index (χ0n) is 15.4. The van der Waals surface area contributed by atoms with Crippen LogP contribution >= 0.6 is 0 Å². The van der Waals surface area contributed by atoms with Gasteiger partial charge in [0.15, 0.2) is 0 Å². The molecule has 0 aliphatic carbocycles. The zero-order valence-corrected chi connectivity index (χ0v) is 16.2. The third kappa shape index (κ3) is 5.49. The van der Waals surface area contributed by atoms with Crippen LogP contribution in [0.4, 0.5) is 11.4 Å². The number of rotatable bonds is 7. The average Bonchev–Trinajstić information content (AvgIpc) is 2.53. The maximum absolute atomic E-state index is 12.5. The Bertz CT molecular complexity index is 879. The fourth-order valence-corrected chi connectivity index (χ4v) is 3.28. The number of anilines is 2. The molecule has 1 N–H and O–H groups in total. The fourth-order valence-electron chi connectivity index (χ4n) is 2.43. The molecule has 1 amide bonds. The van der Waals surface area contributed by atoms with Crippen molar-refractivity contribution in [3.05, 3.63) is 54.1 Å². The largest absolute Gasteiger partial charge is 0.489 e. The van der Waals surface area contributed by atoms with Crippen LogP contribution in [-0.4, -0.2) is 33.2 Å². The summed E-state index contributed by atoms with van der Waals surface area (Å²) in [6.07, 6.45) is 1.03. The number of amides is 1. The van der Waals surface area contributed by atoms with Crippen LogP contribution in [0.2, 0.25) is 0 Å². The van der Waals surface area contributed by atoms with Crippen LogP contribution in [0.25, 0.3) is 0 Å². The molecule has 0 saturated heterocycles. The van der Waals surface area contributed by atoms with Crippen molar-refractivity contribution >= 4 is 27.3 Å². The predicted octanol–water partition coefficient (Wildman–Crippen LogP) is 3.19. The highest BCUT2D eigenvalue weighted by molar-refractivity contribution is 7.92. The minimum absolute atomic E-state index is 0.0483. The van der Waals surface area contributed by atoms with E-state index >= 15 is 0 Å². The van der Waals surface area contributed by atoms with Crippen LogP contribution in [0.1, 0.15) is 19.4 Å². The number of aryl methyl sites for hydroxylation is 1. The number of carbonyl (C=O) groups is 1. The van der Waals surface area contributed by atoms with E-state index in [2.05, 4.69) is 5.32 Å². The van der Waals surface area contributed by atoms with Gasteiger partial charge < -0.3 is 10.1 Å². The Labute approximate surface area is 154 Å². The third-order valence-electron chi connectivity index (χ3n) is 3.50. The second-order valence-electron chi connectivity index (χ2n) is 6.32. The first kappa shape index (κ1) is 19.8. The summed E-state index contributed by atoms with van der Waals surface area (Å²) < 4.78 is 31.1. The lowest BCUT2D eigenvalue weighted by Crippen LogP contribution is -2.37. The van der Waals surface area contributed by atoms with Crippen molar-refractivity contribution in [2.45, 2.75) is 26.9 Å². The minimum atomic E-state index is -3.61. The second-order valence-corrected chi connectivity index (χ2v) is 8.23. The molecule has 26 heavy (non-hydrogen) atoms. The molecule has 0 atom stereocenters. The summed E-state index contributed by atoms with van der Waals surface area (Å²) in [6.45, 7) is 5.32. The van der Waals surface area contributed by atoms with Gasteiger partial charge in [-0.25, -0.2) is 8.42 Å². The van der Waals surface area contributed by atoms with Gasteiger partial charge in [-0.3, -0.25) is 9.10 Å². The van der Waals surface area contributed by atoms with Crippen molar-refractivity contribution < 1.29 is 17.9 Å². The molecule has 0 bridgehead atoms. The number of hydrogen-bond donors (Lipinski definition) is 1. The van der Waals surface area contributed by atoms with Crippen molar-refractivity contribution in [1.29, 1.82) is 0 Å². The Morgan fingerprint density at radius 1 is 1.15 bits per heavy atom. The van der Waals surface area contributed by atoms with Gasteiger partial charge in [-0.05, 0) is 50.6 Å². The van der Waals surface area contributed by atoms with Crippen molar-refractivity contribution in [2.24, 2.45) is 0 Å². The van der Waals surface area contributed by atoms with Gasteiger partial charge in [0.05, 0.1) is 23.7 Å². The molecule has 0 saturated carbocycles. The Kier molecular flexibility index (Phi) is 6.26. The molecule has 2 rings (SSSR count). The van der Waals surface area contributed by atoms with Gasteiger partial charge in [0.25, 0.3) is 0 Å². The number of para-hydroxylation sites is 2. The van der Waals surface area contributed by atoms with Crippen LogP contribution in [0.5, 0.6) is 5.75 Å². The summed E-state index contributed by atoms with van der Waals surface area (Å²) in [6, 6.07) is 14.1. The number of carbonyl (C=O) groups excluding carboxylic acids is 1. The molecule has 0 radical (unpaired) electrons. The van der Waals surface area contributed by atoms with Crippen molar-refractivity contribution in [1.82, 2.24) is 0 Å². The molecule has 0 heterocycles. The Morgan fingerprint density at radius 2 is 1.85 bits per heavy atom. The van der Waals surface area contributed by atoms with Crippen LogP contribution in [0.3, 0.4) is 0 Å². The molecule has 0 aliphatic heterocycles. The third-order valence-corrected chi connectivity index (χ3v) is 4.64. The van der Waals surface area contributed by atoms with Gasteiger partial charge in [-0.15, -0.1) is 0 Å². The van der Waals surface area contributed by atoms with Crippen LogP contribution in [0.15, 0.2) is 48.5 Å². The number of benzene rings is 2. The second kappa shape index (κ2) is 8.23. The summed E-state index contributed by atoms with van der Waals surface area (Å²) in [4.78, 5) is 12.5. The molecule has 0 aliphatic rings. The van der Waals surface area contributed by atoms with Crippen molar-refractivity contribution in [3.8, 4) is 5.75 Å². The Morgan fingerprint density at radius 3 is 2.46 bits per heavy atom. The van der Waals surface area contributed by atoms with E-state index < -0.39 is 15.9 Å². The van der Waals surface area contributed by atoms with Crippen LogP contribution < -0.4 is 14.4 Å². The smallest absolute Gasteiger partial charge is 0.245 e. The highest BCUT2D eigenvalue weighted by Crippen LogP contribution is 2.25. The van der Waals surface area contributed by atoms with E-state index in [0.29, 0.717) is 17.1 Å². The first-order valence-electron chi connectivity index (χ1n) is 8.26. The van der Waals surface area contributed by atoms with Crippen molar-refractivity contribution in [3.63, 3.8) is 0 Å². The lowest BCUT2D eigenvalue weighted by atomic mass is 10.2. The van der Waals surface area contributed by atoms with E-state index in [9.17, 15) is 13.2 Å². The fraction of sp³-hybridized carbons (Fsp3) is 0.316. The van der Waals surface area contributed by atoms with E-state index in [1.54, 1.807) is 36.4 Å². The summed E-state index contributed by atoms with van der Waals surface area (Å²) >= 11 is 0. The lowest BCUT2D eigenvalue weighted by Gasteiger charge is -2.22. The van der Waals surface area contributed by atoms with Gasteiger partial charge >= 0.3 is 0 Å². The highest BCUT2D eigenvalue weighted by atomic mass is 32.2. The Balaban J connectivity index is 2.21. The van der Waals surface area contributed by atoms with E-state index in [4.69, 9.17) is 4.74 Å². The van der Waals surface area contributed by atoms with E-state index in [0.717, 1.165) is 16.1 Å². The molecule has 0 aromatic heterocycles. The van der Waals surface area contributed by atoms with Crippen LogP contribution in [0, 0.1) is 6.92 Å². The predicted molar refractivity (Wildman–Crippen MR) is 104 cm³/mol. The maximum atomic E-state index is 12.5. The van der Waals surface area contributed by atoms with Gasteiger partial charge in [0, 0.05) is 0 Å². The van der Waals surface area contributed by atoms with Crippen LogP contribution in [-0.2, 0) is 14.8 Å². The molecule has 0 spiro atoms. The van der Waals surface area contributed by atoms with Gasteiger partial charge in [-0.1, -0.05) is 24.3 Å². The molecule has 2 aromatic rings.